The van der Waals surface area contributed by atoms with Crippen molar-refractivity contribution in [3.05, 3.63) is 200 Å². The van der Waals surface area contributed by atoms with Crippen molar-refractivity contribution >= 4 is 42.3 Å². The summed E-state index contributed by atoms with van der Waals surface area (Å²) in [5.74, 6) is 2.57. The fourth-order valence-electron chi connectivity index (χ4n) is 7.84. The highest BCUT2D eigenvalue weighted by Crippen LogP contribution is 2.44. The van der Waals surface area contributed by atoms with Crippen LogP contribution in [-0.2, 0) is 0 Å². The molecule has 3 aromatic heterocycles. The minimum absolute atomic E-state index is 0.617. The molecule has 0 saturated heterocycles. The Morgan fingerprint density at radius 1 is 0.305 bits per heavy atom. The van der Waals surface area contributed by atoms with Crippen LogP contribution in [0.1, 0.15) is 0 Å². The fraction of sp³-hybridized carbons (Fsp3) is 0. The Morgan fingerprint density at radius 3 is 1.41 bits per heavy atom. The van der Waals surface area contributed by atoms with Crippen molar-refractivity contribution in [2.45, 2.75) is 0 Å². The van der Waals surface area contributed by atoms with E-state index in [0.717, 1.165) is 55.9 Å². The number of aromatic nitrogens is 5. The Hall–Kier alpha value is -7.67. The predicted octanol–water partition coefficient (Wildman–Crippen LogP) is 13.9. The van der Waals surface area contributed by atoms with Crippen molar-refractivity contribution in [2.75, 3.05) is 0 Å². The topological polar surface area (TPSA) is 64.5 Å². The van der Waals surface area contributed by atoms with Crippen LogP contribution in [0.3, 0.4) is 0 Å². The second kappa shape index (κ2) is 14.7. The third-order valence-electron chi connectivity index (χ3n) is 10.7. The quantitative estimate of drug-likeness (QED) is 0.161. The van der Waals surface area contributed by atoms with Crippen molar-refractivity contribution in [1.82, 2.24) is 24.9 Å². The lowest BCUT2D eigenvalue weighted by Gasteiger charge is -2.13. The summed E-state index contributed by atoms with van der Waals surface area (Å²) in [6.07, 6.45) is 0. The number of nitrogens with zero attached hydrogens (tertiary/aromatic N) is 5. The molecule has 0 saturated carbocycles. The molecule has 5 nitrogen and oxygen atoms in total. The maximum atomic E-state index is 5.30. The lowest BCUT2D eigenvalue weighted by atomic mass is 9.96. The zero-order valence-electron chi connectivity index (χ0n) is 31.7. The molecule has 0 bridgehead atoms. The van der Waals surface area contributed by atoms with Gasteiger partial charge in [0.05, 0.1) is 11.4 Å². The first-order valence-corrected chi connectivity index (χ1v) is 20.4. The van der Waals surface area contributed by atoms with Crippen molar-refractivity contribution in [1.29, 1.82) is 0 Å². The van der Waals surface area contributed by atoms with Crippen LogP contribution in [0.25, 0.3) is 110 Å². The highest BCUT2D eigenvalue weighted by molar-refractivity contribution is 7.26. The molecule has 276 valence electrons. The standard InChI is InChI=1S/C53H33N5S/c1-4-16-34(17-5-1)50-54-45(33-46(55-50)44-32-39-22-10-11-27-42(39)49-48(44)43-28-12-13-29-47(43)59-49)40-25-14-23-37(30-40)38-24-15-26-41(31-38)53-57-51(35-18-6-2-7-19-35)56-52(58-53)36-20-8-3-9-21-36/h1-33H. The summed E-state index contributed by atoms with van der Waals surface area (Å²) in [6, 6.07) is 69.2. The highest BCUT2D eigenvalue weighted by atomic mass is 32.1. The van der Waals surface area contributed by atoms with Gasteiger partial charge in [-0.2, -0.15) is 0 Å². The molecule has 0 amide bonds. The number of thiophene rings is 1. The summed E-state index contributed by atoms with van der Waals surface area (Å²) in [6.45, 7) is 0. The molecule has 0 atom stereocenters. The van der Waals surface area contributed by atoms with Crippen LogP contribution < -0.4 is 0 Å². The summed E-state index contributed by atoms with van der Waals surface area (Å²) in [5, 5.41) is 4.91. The molecule has 59 heavy (non-hydrogen) atoms. The van der Waals surface area contributed by atoms with E-state index in [4.69, 9.17) is 24.9 Å². The van der Waals surface area contributed by atoms with Crippen molar-refractivity contribution in [3.8, 4) is 79.2 Å². The molecule has 0 spiro atoms. The molecule has 0 aliphatic heterocycles. The molecule has 0 aliphatic rings. The van der Waals surface area contributed by atoms with Crippen LogP contribution in [0.15, 0.2) is 200 Å². The van der Waals surface area contributed by atoms with E-state index in [1.54, 1.807) is 0 Å². The SMILES string of the molecule is c1ccc(-c2nc(-c3cccc(-c4cccc(-c5nc(-c6ccccc6)nc(-c6ccccc6)n5)c4)c3)cc(-c3cc4ccccc4c4sc5ccccc5c34)n2)cc1. The van der Waals surface area contributed by atoms with Gasteiger partial charge in [0.1, 0.15) is 0 Å². The molecule has 0 aliphatic carbocycles. The van der Waals surface area contributed by atoms with E-state index in [1.807, 2.05) is 90.2 Å². The Bertz CT molecular complexity index is 3270. The summed E-state index contributed by atoms with van der Waals surface area (Å²) in [4.78, 5) is 25.4. The van der Waals surface area contributed by atoms with Crippen LogP contribution >= 0.6 is 11.3 Å². The second-order valence-electron chi connectivity index (χ2n) is 14.5. The van der Waals surface area contributed by atoms with Crippen LogP contribution in [0, 0.1) is 0 Å². The number of rotatable bonds is 7. The monoisotopic (exact) mass is 771 g/mol. The Morgan fingerprint density at radius 2 is 0.763 bits per heavy atom. The van der Waals surface area contributed by atoms with Gasteiger partial charge >= 0.3 is 0 Å². The molecule has 11 aromatic rings. The molecule has 0 fully saturated rings. The summed E-state index contributed by atoms with van der Waals surface area (Å²) >= 11 is 1.84. The second-order valence-corrected chi connectivity index (χ2v) is 15.5. The highest BCUT2D eigenvalue weighted by Gasteiger charge is 2.19. The van der Waals surface area contributed by atoms with Gasteiger partial charge in [-0.15, -0.1) is 11.3 Å². The van der Waals surface area contributed by atoms with Crippen LogP contribution in [0.4, 0.5) is 0 Å². The van der Waals surface area contributed by atoms with Gasteiger partial charge in [0.25, 0.3) is 0 Å². The van der Waals surface area contributed by atoms with E-state index in [0.29, 0.717) is 23.3 Å². The van der Waals surface area contributed by atoms with E-state index in [1.165, 1.54) is 30.9 Å². The molecule has 8 aromatic carbocycles. The number of fused-ring (bicyclic) bond motifs is 5. The summed E-state index contributed by atoms with van der Waals surface area (Å²) in [5.41, 5.74) is 9.69. The molecule has 0 N–H and O–H groups in total. The van der Waals surface area contributed by atoms with E-state index in [2.05, 4.69) is 121 Å². The van der Waals surface area contributed by atoms with Crippen LogP contribution in [0.2, 0.25) is 0 Å². The third kappa shape index (κ3) is 6.52. The fourth-order valence-corrected chi connectivity index (χ4v) is 9.11. The third-order valence-corrected chi connectivity index (χ3v) is 11.9. The van der Waals surface area contributed by atoms with Crippen LogP contribution in [0.5, 0.6) is 0 Å². The summed E-state index contributed by atoms with van der Waals surface area (Å²) in [7, 11) is 0. The average Bonchev–Trinajstić information content (AvgIpc) is 3.72. The molecule has 3 heterocycles. The Kier molecular flexibility index (Phi) is 8.60. The van der Waals surface area contributed by atoms with E-state index in [9.17, 15) is 0 Å². The maximum Gasteiger partial charge on any atom is 0.164 e. The normalized spacial score (nSPS) is 11.4. The van der Waals surface area contributed by atoms with Gasteiger partial charge < -0.3 is 0 Å². The minimum atomic E-state index is 0.617. The lowest BCUT2D eigenvalue weighted by molar-refractivity contribution is 1.07. The zero-order valence-corrected chi connectivity index (χ0v) is 32.5. The van der Waals surface area contributed by atoms with Crippen LogP contribution in [-0.4, -0.2) is 24.9 Å². The zero-order chi connectivity index (χ0) is 39.1. The van der Waals surface area contributed by atoms with Gasteiger partial charge in [-0.25, -0.2) is 24.9 Å². The van der Waals surface area contributed by atoms with Gasteiger partial charge in [0, 0.05) is 53.6 Å². The van der Waals surface area contributed by atoms with E-state index in [-0.39, 0.29) is 0 Å². The first kappa shape index (κ1) is 34.6. The number of benzene rings is 8. The van der Waals surface area contributed by atoms with Crippen molar-refractivity contribution < 1.29 is 0 Å². The van der Waals surface area contributed by atoms with Gasteiger partial charge in [0.2, 0.25) is 0 Å². The predicted molar refractivity (Wildman–Crippen MR) is 244 cm³/mol. The minimum Gasteiger partial charge on any atom is -0.228 e. The largest absolute Gasteiger partial charge is 0.228 e. The number of hydrogen-bond donors (Lipinski definition) is 0. The first-order chi connectivity index (χ1) is 29.2. The lowest BCUT2D eigenvalue weighted by Crippen LogP contribution is -2.00. The smallest absolute Gasteiger partial charge is 0.164 e. The van der Waals surface area contributed by atoms with Gasteiger partial charge in [0.15, 0.2) is 23.3 Å². The molecular weight excluding hydrogens is 739 g/mol. The molecule has 0 radical (unpaired) electrons. The Labute approximate surface area is 345 Å². The molecule has 11 rings (SSSR count). The maximum absolute atomic E-state index is 5.30. The molecule has 6 heteroatoms. The number of hydrogen-bond acceptors (Lipinski definition) is 6. The van der Waals surface area contributed by atoms with Gasteiger partial charge in [-0.05, 0) is 52.2 Å². The summed E-state index contributed by atoms with van der Waals surface area (Å²) < 4.78 is 2.53. The van der Waals surface area contributed by atoms with E-state index < -0.39 is 0 Å². The van der Waals surface area contributed by atoms with E-state index >= 15 is 0 Å². The van der Waals surface area contributed by atoms with Crippen molar-refractivity contribution in [3.63, 3.8) is 0 Å². The van der Waals surface area contributed by atoms with Crippen molar-refractivity contribution in [2.24, 2.45) is 0 Å². The molecule has 0 unspecified atom stereocenters. The molecular formula is C53H33N5S. The van der Waals surface area contributed by atoms with Gasteiger partial charge in [-0.3, -0.25) is 0 Å². The Balaban J connectivity index is 1.05. The van der Waals surface area contributed by atoms with Gasteiger partial charge in [-0.1, -0.05) is 170 Å². The first-order valence-electron chi connectivity index (χ1n) is 19.6. The average molecular weight is 772 g/mol.